The molecule has 1 heterocycles. The maximum Gasteiger partial charge on any atom is 0.263 e. The SMILES string of the molecule is O=c1c2ccccc2c2cc(-c3c4ccccc4cc4c3ccc3ccccc34)ccc2n1-c1ccccc1. The standard InChI is InChI=1S/C37H23NO/c39-37-32-17-9-8-16-30(32)34-23-26(19-21-35(34)38(37)27-12-2-1-3-13-27)36-29-15-7-5-11-25(29)22-33-28-14-6-4-10-24(28)18-20-31(33)36/h1-23H. The molecule has 8 aromatic rings. The summed E-state index contributed by atoms with van der Waals surface area (Å²) in [5.74, 6) is 0. The van der Waals surface area contributed by atoms with Crippen LogP contribution in [0.1, 0.15) is 0 Å². The Bertz CT molecular complexity index is 2290. The minimum Gasteiger partial charge on any atom is -0.276 e. The third kappa shape index (κ3) is 3.25. The number of rotatable bonds is 2. The average molecular weight is 498 g/mol. The van der Waals surface area contributed by atoms with Crippen molar-refractivity contribution in [1.29, 1.82) is 0 Å². The molecule has 0 spiro atoms. The molecule has 0 fully saturated rings. The van der Waals surface area contributed by atoms with Crippen molar-refractivity contribution in [3.05, 3.63) is 150 Å². The predicted molar refractivity (Wildman–Crippen MR) is 165 cm³/mol. The highest BCUT2D eigenvalue weighted by Crippen LogP contribution is 2.40. The predicted octanol–water partition coefficient (Wildman–Crippen LogP) is 9.27. The molecular formula is C37H23NO. The number of hydrogen-bond donors (Lipinski definition) is 0. The molecule has 0 aliphatic rings. The van der Waals surface area contributed by atoms with Gasteiger partial charge in [-0.1, -0.05) is 103 Å². The highest BCUT2D eigenvalue weighted by Gasteiger charge is 2.16. The van der Waals surface area contributed by atoms with E-state index in [-0.39, 0.29) is 5.56 Å². The molecule has 0 unspecified atom stereocenters. The van der Waals surface area contributed by atoms with Gasteiger partial charge in [0, 0.05) is 16.5 Å². The summed E-state index contributed by atoms with van der Waals surface area (Å²) in [7, 11) is 0. The quantitative estimate of drug-likeness (QED) is 0.172. The van der Waals surface area contributed by atoms with Gasteiger partial charge in [-0.05, 0) is 85.2 Å². The van der Waals surface area contributed by atoms with Crippen LogP contribution in [0, 0.1) is 0 Å². The normalized spacial score (nSPS) is 11.7. The summed E-state index contributed by atoms with van der Waals surface area (Å²) in [6.07, 6.45) is 0. The molecule has 0 saturated carbocycles. The van der Waals surface area contributed by atoms with Gasteiger partial charge >= 0.3 is 0 Å². The third-order valence-corrected chi connectivity index (χ3v) is 7.96. The van der Waals surface area contributed by atoms with Gasteiger partial charge in [0.05, 0.1) is 5.52 Å². The lowest BCUT2D eigenvalue weighted by molar-refractivity contribution is 1.06. The number of para-hydroxylation sites is 1. The number of aromatic nitrogens is 1. The Morgan fingerprint density at radius 3 is 1.90 bits per heavy atom. The fourth-order valence-electron chi connectivity index (χ4n) is 6.20. The molecule has 0 amide bonds. The van der Waals surface area contributed by atoms with Crippen LogP contribution in [0.4, 0.5) is 0 Å². The maximum absolute atomic E-state index is 13.7. The molecule has 0 aliphatic heterocycles. The van der Waals surface area contributed by atoms with Crippen molar-refractivity contribution in [3.63, 3.8) is 0 Å². The fraction of sp³-hybridized carbons (Fsp3) is 0. The maximum atomic E-state index is 13.7. The van der Waals surface area contributed by atoms with Crippen LogP contribution < -0.4 is 5.56 Å². The Morgan fingerprint density at radius 1 is 0.410 bits per heavy atom. The molecule has 1 aromatic heterocycles. The minimum absolute atomic E-state index is 0.000805. The van der Waals surface area contributed by atoms with Gasteiger partial charge in [0.2, 0.25) is 0 Å². The summed E-state index contributed by atoms with van der Waals surface area (Å²) < 4.78 is 1.84. The van der Waals surface area contributed by atoms with Crippen LogP contribution in [0.2, 0.25) is 0 Å². The van der Waals surface area contributed by atoms with Gasteiger partial charge in [-0.25, -0.2) is 0 Å². The lowest BCUT2D eigenvalue weighted by Crippen LogP contribution is -2.19. The number of hydrogen-bond acceptors (Lipinski definition) is 1. The van der Waals surface area contributed by atoms with E-state index in [9.17, 15) is 4.79 Å². The van der Waals surface area contributed by atoms with Crippen molar-refractivity contribution >= 4 is 54.0 Å². The Morgan fingerprint density at radius 2 is 1.08 bits per heavy atom. The monoisotopic (exact) mass is 497 g/mol. The smallest absolute Gasteiger partial charge is 0.263 e. The molecule has 182 valence electrons. The minimum atomic E-state index is -0.000805. The molecule has 2 heteroatoms. The van der Waals surface area contributed by atoms with Crippen molar-refractivity contribution in [3.8, 4) is 16.8 Å². The van der Waals surface area contributed by atoms with Crippen LogP contribution >= 0.6 is 0 Å². The summed E-state index contributed by atoms with van der Waals surface area (Å²) in [6.45, 7) is 0. The highest BCUT2D eigenvalue weighted by atomic mass is 16.1. The van der Waals surface area contributed by atoms with Gasteiger partial charge in [-0.2, -0.15) is 0 Å². The molecule has 39 heavy (non-hydrogen) atoms. The first kappa shape index (κ1) is 21.8. The van der Waals surface area contributed by atoms with Gasteiger partial charge in [-0.3, -0.25) is 9.36 Å². The number of benzene rings is 7. The van der Waals surface area contributed by atoms with Gasteiger partial charge in [0.15, 0.2) is 0 Å². The zero-order valence-corrected chi connectivity index (χ0v) is 21.1. The van der Waals surface area contributed by atoms with E-state index in [2.05, 4.69) is 91.0 Å². The summed E-state index contributed by atoms with van der Waals surface area (Å²) in [5.41, 5.74) is 4.14. The van der Waals surface area contributed by atoms with E-state index in [1.807, 2.05) is 53.1 Å². The average Bonchev–Trinajstić information content (AvgIpc) is 3.00. The van der Waals surface area contributed by atoms with Gasteiger partial charge in [0.25, 0.3) is 5.56 Å². The van der Waals surface area contributed by atoms with Crippen LogP contribution in [-0.2, 0) is 0 Å². The second-order valence-corrected chi connectivity index (χ2v) is 10.1. The number of nitrogens with zero attached hydrogens (tertiary/aromatic N) is 1. The highest BCUT2D eigenvalue weighted by molar-refractivity contribution is 6.21. The second-order valence-electron chi connectivity index (χ2n) is 10.1. The van der Waals surface area contributed by atoms with Crippen molar-refractivity contribution in [1.82, 2.24) is 4.57 Å². The van der Waals surface area contributed by atoms with Crippen LogP contribution in [0.5, 0.6) is 0 Å². The van der Waals surface area contributed by atoms with Crippen LogP contribution in [0.25, 0.3) is 70.8 Å². The first-order valence-corrected chi connectivity index (χ1v) is 13.2. The van der Waals surface area contributed by atoms with Gasteiger partial charge < -0.3 is 0 Å². The zero-order valence-electron chi connectivity index (χ0n) is 21.1. The Kier molecular flexibility index (Phi) is 4.71. The molecule has 0 saturated heterocycles. The largest absolute Gasteiger partial charge is 0.276 e. The van der Waals surface area contributed by atoms with E-state index < -0.39 is 0 Å². The van der Waals surface area contributed by atoms with E-state index >= 15 is 0 Å². The molecule has 0 aliphatic carbocycles. The number of fused-ring (bicyclic) bond motifs is 7. The molecule has 7 aromatic carbocycles. The Labute approximate surface area is 225 Å². The lowest BCUT2D eigenvalue weighted by Gasteiger charge is -2.17. The van der Waals surface area contributed by atoms with Crippen molar-refractivity contribution in [2.24, 2.45) is 0 Å². The molecule has 8 rings (SSSR count). The lowest BCUT2D eigenvalue weighted by atomic mass is 9.89. The second kappa shape index (κ2) is 8.41. The zero-order chi connectivity index (χ0) is 25.9. The summed E-state index contributed by atoms with van der Waals surface area (Å²) >= 11 is 0. The molecule has 0 N–H and O–H groups in total. The molecule has 0 bridgehead atoms. The Balaban J connectivity index is 1.53. The van der Waals surface area contributed by atoms with Gasteiger partial charge in [-0.15, -0.1) is 0 Å². The topological polar surface area (TPSA) is 22.0 Å². The van der Waals surface area contributed by atoms with E-state index in [1.54, 1.807) is 0 Å². The summed E-state index contributed by atoms with van der Waals surface area (Å²) in [4.78, 5) is 13.7. The van der Waals surface area contributed by atoms with Crippen LogP contribution in [0.3, 0.4) is 0 Å². The molecule has 0 atom stereocenters. The Hall–Kier alpha value is -5.21. The van der Waals surface area contributed by atoms with E-state index in [0.29, 0.717) is 0 Å². The van der Waals surface area contributed by atoms with E-state index in [4.69, 9.17) is 0 Å². The molecule has 2 nitrogen and oxygen atoms in total. The van der Waals surface area contributed by atoms with E-state index in [0.717, 1.165) is 32.9 Å². The van der Waals surface area contributed by atoms with Crippen molar-refractivity contribution in [2.75, 3.05) is 0 Å². The van der Waals surface area contributed by atoms with E-state index in [1.165, 1.54) is 37.9 Å². The fourth-order valence-corrected chi connectivity index (χ4v) is 6.20. The summed E-state index contributed by atoms with van der Waals surface area (Å²) in [6, 6.07) is 48.4. The number of pyridine rings is 1. The van der Waals surface area contributed by atoms with Crippen LogP contribution in [0.15, 0.2) is 144 Å². The molecule has 0 radical (unpaired) electrons. The van der Waals surface area contributed by atoms with Gasteiger partial charge in [0.1, 0.15) is 0 Å². The summed E-state index contributed by atoms with van der Waals surface area (Å²) in [5, 5.41) is 10.2. The van der Waals surface area contributed by atoms with Crippen LogP contribution in [-0.4, -0.2) is 4.57 Å². The van der Waals surface area contributed by atoms with Crippen molar-refractivity contribution in [2.45, 2.75) is 0 Å². The van der Waals surface area contributed by atoms with Crippen molar-refractivity contribution < 1.29 is 0 Å². The third-order valence-electron chi connectivity index (χ3n) is 7.96. The first-order valence-electron chi connectivity index (χ1n) is 13.2. The molecular weight excluding hydrogens is 474 g/mol. The first-order chi connectivity index (χ1) is 19.3.